The van der Waals surface area contributed by atoms with Gasteiger partial charge < -0.3 is 20.3 Å². The number of nitrogens with one attached hydrogen (secondary N) is 1. The lowest BCUT2D eigenvalue weighted by atomic mass is 10.1. The second-order valence-electron chi connectivity index (χ2n) is 7.89. The van der Waals surface area contributed by atoms with Gasteiger partial charge in [0.25, 0.3) is 0 Å². The molecule has 0 radical (unpaired) electrons. The summed E-state index contributed by atoms with van der Waals surface area (Å²) in [5.74, 6) is -2.66. The summed E-state index contributed by atoms with van der Waals surface area (Å²) in [7, 11) is 1.51. The van der Waals surface area contributed by atoms with Crippen molar-refractivity contribution in [2.75, 3.05) is 12.4 Å². The highest BCUT2D eigenvalue weighted by Gasteiger charge is 2.38. The summed E-state index contributed by atoms with van der Waals surface area (Å²) in [4.78, 5) is 24.9. The standard InChI is InChI=1S/C24H22N4O3.C2HF3O2/c1-15-6-4-5-7-21(15)28-23(22(16(2)27-28)17-10-12-25-13-11-17)26-20-9-8-18(31-3)14-19(20)24(29)30;3-2(4,5)1(6)7/h4-14,26H,1-3H3,(H,29,30);(H,6,7). The predicted molar refractivity (Wildman–Crippen MR) is 133 cm³/mol. The number of hydrogen-bond acceptors (Lipinski definition) is 6. The number of aromatic nitrogens is 3. The van der Waals surface area contributed by atoms with Gasteiger partial charge in [-0.2, -0.15) is 18.3 Å². The molecule has 0 fully saturated rings. The third-order valence-corrected chi connectivity index (χ3v) is 5.33. The molecule has 12 heteroatoms. The fourth-order valence-corrected chi connectivity index (χ4v) is 3.55. The molecule has 0 aliphatic carbocycles. The number of halogens is 3. The number of aromatic carboxylic acids is 1. The molecule has 9 nitrogen and oxygen atoms in total. The molecule has 0 atom stereocenters. The predicted octanol–water partition coefficient (Wildman–Crippen LogP) is 5.63. The quantitative estimate of drug-likeness (QED) is 0.294. The van der Waals surface area contributed by atoms with Gasteiger partial charge in [-0.1, -0.05) is 18.2 Å². The number of rotatable bonds is 6. The Morgan fingerprint density at radius 1 is 1.00 bits per heavy atom. The van der Waals surface area contributed by atoms with Gasteiger partial charge in [-0.25, -0.2) is 14.3 Å². The molecule has 0 spiro atoms. The van der Waals surface area contributed by atoms with E-state index in [1.807, 2.05) is 54.9 Å². The maximum Gasteiger partial charge on any atom is 0.490 e. The van der Waals surface area contributed by atoms with E-state index in [4.69, 9.17) is 19.7 Å². The van der Waals surface area contributed by atoms with Crippen LogP contribution in [0.3, 0.4) is 0 Å². The Labute approximate surface area is 215 Å². The number of methoxy groups -OCH3 is 1. The van der Waals surface area contributed by atoms with Gasteiger partial charge in [0.05, 0.1) is 29.7 Å². The van der Waals surface area contributed by atoms with Crippen LogP contribution in [-0.4, -0.2) is 50.2 Å². The molecule has 2 heterocycles. The summed E-state index contributed by atoms with van der Waals surface area (Å²) >= 11 is 0. The molecular formula is C26H23F3N4O5. The second kappa shape index (κ2) is 11.5. The van der Waals surface area contributed by atoms with E-state index in [-0.39, 0.29) is 5.56 Å². The molecule has 4 rings (SSSR count). The molecular weight excluding hydrogens is 505 g/mol. The number of carboxylic acid groups (broad SMARTS) is 2. The molecule has 0 amide bonds. The number of benzene rings is 2. The number of carbonyl (C=O) groups is 2. The van der Waals surface area contributed by atoms with E-state index < -0.39 is 18.1 Å². The molecule has 2 aromatic carbocycles. The molecule has 0 unspecified atom stereocenters. The summed E-state index contributed by atoms with van der Waals surface area (Å²) < 4.78 is 38.8. The minimum absolute atomic E-state index is 0.107. The van der Waals surface area contributed by atoms with Gasteiger partial charge >= 0.3 is 18.1 Å². The third-order valence-electron chi connectivity index (χ3n) is 5.33. The van der Waals surface area contributed by atoms with Crippen molar-refractivity contribution >= 4 is 23.4 Å². The maximum atomic E-state index is 11.9. The molecule has 198 valence electrons. The van der Waals surface area contributed by atoms with Crippen LogP contribution < -0.4 is 10.1 Å². The number of pyridine rings is 1. The van der Waals surface area contributed by atoms with Crippen LogP contribution in [0.2, 0.25) is 0 Å². The minimum Gasteiger partial charge on any atom is -0.497 e. The zero-order valence-electron chi connectivity index (χ0n) is 20.4. The zero-order chi connectivity index (χ0) is 28.0. The Balaban J connectivity index is 0.000000505. The number of hydrogen-bond donors (Lipinski definition) is 3. The minimum atomic E-state index is -5.08. The van der Waals surface area contributed by atoms with E-state index in [9.17, 15) is 23.1 Å². The lowest BCUT2D eigenvalue weighted by Crippen LogP contribution is -2.21. The highest BCUT2D eigenvalue weighted by Crippen LogP contribution is 2.37. The summed E-state index contributed by atoms with van der Waals surface area (Å²) in [6.45, 7) is 3.94. The summed E-state index contributed by atoms with van der Waals surface area (Å²) in [6, 6.07) is 16.6. The first-order valence-corrected chi connectivity index (χ1v) is 11.0. The Hall–Kier alpha value is -4.87. The average molecular weight is 528 g/mol. The van der Waals surface area contributed by atoms with Crippen LogP contribution in [0.4, 0.5) is 24.7 Å². The molecule has 0 bridgehead atoms. The van der Waals surface area contributed by atoms with Gasteiger partial charge in [0.2, 0.25) is 0 Å². The Morgan fingerprint density at radius 3 is 2.18 bits per heavy atom. The van der Waals surface area contributed by atoms with Crippen LogP contribution in [0.25, 0.3) is 16.8 Å². The maximum absolute atomic E-state index is 11.9. The van der Waals surface area contributed by atoms with Crippen LogP contribution in [0.5, 0.6) is 5.75 Å². The summed E-state index contributed by atoms with van der Waals surface area (Å²) in [5, 5.41) is 25.0. The second-order valence-corrected chi connectivity index (χ2v) is 7.89. The van der Waals surface area contributed by atoms with Crippen molar-refractivity contribution in [3.63, 3.8) is 0 Å². The number of carboxylic acids is 2. The van der Waals surface area contributed by atoms with Crippen molar-refractivity contribution in [3.05, 3.63) is 83.8 Å². The lowest BCUT2D eigenvalue weighted by molar-refractivity contribution is -0.192. The van der Waals surface area contributed by atoms with E-state index in [0.29, 0.717) is 17.3 Å². The van der Waals surface area contributed by atoms with Crippen molar-refractivity contribution in [2.24, 2.45) is 0 Å². The van der Waals surface area contributed by atoms with E-state index in [1.54, 1.807) is 24.5 Å². The summed E-state index contributed by atoms with van der Waals surface area (Å²) in [6.07, 6.45) is -1.64. The number of ether oxygens (including phenoxy) is 1. The first kappa shape index (κ1) is 27.7. The molecule has 0 aliphatic rings. The topological polar surface area (TPSA) is 127 Å². The zero-order valence-corrected chi connectivity index (χ0v) is 20.4. The van der Waals surface area contributed by atoms with Crippen molar-refractivity contribution < 1.29 is 37.7 Å². The van der Waals surface area contributed by atoms with Gasteiger partial charge in [0.15, 0.2) is 0 Å². The number of aryl methyl sites for hydroxylation is 2. The van der Waals surface area contributed by atoms with E-state index in [1.165, 1.54) is 13.2 Å². The fourth-order valence-electron chi connectivity index (χ4n) is 3.55. The van der Waals surface area contributed by atoms with Crippen LogP contribution in [0.1, 0.15) is 21.6 Å². The first-order valence-electron chi connectivity index (χ1n) is 11.0. The van der Waals surface area contributed by atoms with Crippen molar-refractivity contribution in [3.8, 4) is 22.6 Å². The van der Waals surface area contributed by atoms with Gasteiger partial charge in [0, 0.05) is 18.0 Å². The number of anilines is 2. The van der Waals surface area contributed by atoms with E-state index >= 15 is 0 Å². The Bertz CT molecular complexity index is 1450. The van der Waals surface area contributed by atoms with Crippen LogP contribution >= 0.6 is 0 Å². The van der Waals surface area contributed by atoms with Gasteiger partial charge in [0.1, 0.15) is 11.6 Å². The largest absolute Gasteiger partial charge is 0.497 e. The number of nitrogens with zero attached hydrogens (tertiary/aromatic N) is 3. The highest BCUT2D eigenvalue weighted by atomic mass is 19.4. The molecule has 4 aromatic rings. The molecule has 0 aliphatic heterocycles. The third kappa shape index (κ3) is 6.27. The molecule has 2 aromatic heterocycles. The van der Waals surface area contributed by atoms with Crippen LogP contribution in [0, 0.1) is 13.8 Å². The highest BCUT2D eigenvalue weighted by molar-refractivity contribution is 5.96. The van der Waals surface area contributed by atoms with Gasteiger partial charge in [-0.3, -0.25) is 4.98 Å². The van der Waals surface area contributed by atoms with Gasteiger partial charge in [-0.15, -0.1) is 0 Å². The van der Waals surface area contributed by atoms with E-state index in [0.717, 1.165) is 28.1 Å². The van der Waals surface area contributed by atoms with Gasteiger partial charge in [-0.05, 0) is 61.4 Å². The lowest BCUT2D eigenvalue weighted by Gasteiger charge is -2.16. The van der Waals surface area contributed by atoms with Crippen LogP contribution in [-0.2, 0) is 4.79 Å². The fraction of sp³-hybridized carbons (Fsp3) is 0.154. The van der Waals surface area contributed by atoms with Crippen LogP contribution in [0.15, 0.2) is 67.0 Å². The van der Waals surface area contributed by atoms with Crippen molar-refractivity contribution in [1.82, 2.24) is 14.8 Å². The normalized spacial score (nSPS) is 10.8. The average Bonchev–Trinajstić information content (AvgIpc) is 3.20. The SMILES string of the molecule is COc1ccc(Nc2c(-c3ccncc3)c(C)nn2-c2ccccc2C)c(C(=O)O)c1.O=C(O)C(F)(F)F. The first-order chi connectivity index (χ1) is 17.9. The molecule has 0 saturated heterocycles. The molecule has 38 heavy (non-hydrogen) atoms. The smallest absolute Gasteiger partial charge is 0.490 e. The molecule has 3 N–H and O–H groups in total. The number of alkyl halides is 3. The number of aliphatic carboxylic acids is 1. The van der Waals surface area contributed by atoms with E-state index in [2.05, 4.69) is 10.3 Å². The molecule has 0 saturated carbocycles. The Morgan fingerprint density at radius 2 is 1.63 bits per heavy atom. The monoisotopic (exact) mass is 528 g/mol. The van der Waals surface area contributed by atoms with Crippen molar-refractivity contribution in [1.29, 1.82) is 0 Å². The Kier molecular flexibility index (Phi) is 8.36. The number of para-hydroxylation sites is 1. The summed E-state index contributed by atoms with van der Waals surface area (Å²) in [5.41, 5.74) is 5.11. The van der Waals surface area contributed by atoms with Crippen molar-refractivity contribution in [2.45, 2.75) is 20.0 Å².